The molecule has 0 bridgehead atoms. The lowest BCUT2D eigenvalue weighted by Crippen LogP contribution is -2.47. The highest BCUT2D eigenvalue weighted by molar-refractivity contribution is 5.12. The Morgan fingerprint density at radius 2 is 2.22 bits per heavy atom. The van der Waals surface area contributed by atoms with Crippen molar-refractivity contribution in [2.75, 3.05) is 26.7 Å². The van der Waals surface area contributed by atoms with Crippen LogP contribution >= 0.6 is 0 Å². The molecule has 2 aliphatic rings. The molecule has 0 spiro atoms. The van der Waals surface area contributed by atoms with Gasteiger partial charge in [-0.15, -0.1) is 0 Å². The van der Waals surface area contributed by atoms with Gasteiger partial charge < -0.3 is 14.5 Å². The van der Waals surface area contributed by atoms with Crippen molar-refractivity contribution in [3.63, 3.8) is 0 Å². The molecular weight excluding hydrogens is 228 g/mol. The van der Waals surface area contributed by atoms with Crippen molar-refractivity contribution in [2.45, 2.75) is 38.0 Å². The highest BCUT2D eigenvalue weighted by atomic mass is 16.5. The molecule has 1 aromatic rings. The largest absolute Gasteiger partial charge is 0.465 e. The number of nitrogens with zero attached hydrogens (tertiary/aromatic N) is 1. The zero-order chi connectivity index (χ0) is 12.5. The van der Waals surface area contributed by atoms with Gasteiger partial charge in [-0.3, -0.25) is 4.90 Å². The zero-order valence-corrected chi connectivity index (χ0v) is 11.2. The molecule has 1 saturated heterocycles. The maximum Gasteiger partial charge on any atom is 0.124 e. The number of nitrogens with one attached hydrogen (secondary N) is 1. The van der Waals surface area contributed by atoms with E-state index in [1.807, 2.05) is 13.0 Å². The van der Waals surface area contributed by atoms with Gasteiger partial charge in [0.2, 0.25) is 0 Å². The lowest BCUT2D eigenvalue weighted by atomic mass is 10.0. The Hall–Kier alpha value is -0.840. The molecule has 18 heavy (non-hydrogen) atoms. The minimum atomic E-state index is 0.190. The van der Waals surface area contributed by atoms with Gasteiger partial charge in [-0.05, 0) is 38.9 Å². The van der Waals surface area contributed by atoms with Gasteiger partial charge in [-0.1, -0.05) is 0 Å². The normalized spacial score (nSPS) is 29.7. The van der Waals surface area contributed by atoms with Gasteiger partial charge in [-0.2, -0.15) is 0 Å². The van der Waals surface area contributed by atoms with Crippen molar-refractivity contribution in [1.29, 1.82) is 0 Å². The lowest BCUT2D eigenvalue weighted by molar-refractivity contribution is -0.0679. The molecule has 1 aliphatic heterocycles. The molecule has 0 aromatic carbocycles. The summed E-state index contributed by atoms with van der Waals surface area (Å²) in [6.45, 7) is 4.68. The van der Waals surface area contributed by atoms with Crippen LogP contribution in [-0.4, -0.2) is 43.8 Å². The topological polar surface area (TPSA) is 37.6 Å². The lowest BCUT2D eigenvalue weighted by Gasteiger charge is -2.38. The first kappa shape index (κ1) is 12.2. The van der Waals surface area contributed by atoms with E-state index in [2.05, 4.69) is 23.3 Å². The van der Waals surface area contributed by atoms with Gasteiger partial charge in [-0.25, -0.2) is 0 Å². The maximum absolute atomic E-state index is 5.94. The molecule has 100 valence electrons. The molecule has 2 fully saturated rings. The molecule has 0 radical (unpaired) electrons. The van der Waals surface area contributed by atoms with Gasteiger partial charge in [0.15, 0.2) is 0 Å². The summed E-state index contributed by atoms with van der Waals surface area (Å²) < 4.78 is 11.7. The SMILES string of the molecule is Cc1ccc(C2C(CNC3CC3)OCCN2C)o1. The van der Waals surface area contributed by atoms with E-state index < -0.39 is 0 Å². The van der Waals surface area contributed by atoms with Crippen LogP contribution in [0.4, 0.5) is 0 Å². The summed E-state index contributed by atoms with van der Waals surface area (Å²) in [4.78, 5) is 2.33. The van der Waals surface area contributed by atoms with Gasteiger partial charge in [0, 0.05) is 19.1 Å². The van der Waals surface area contributed by atoms with Crippen LogP contribution < -0.4 is 5.32 Å². The van der Waals surface area contributed by atoms with Crippen molar-refractivity contribution in [1.82, 2.24) is 10.2 Å². The summed E-state index contributed by atoms with van der Waals surface area (Å²) in [5.74, 6) is 2.00. The third-order valence-corrected chi connectivity index (χ3v) is 3.84. The fraction of sp³-hybridized carbons (Fsp3) is 0.714. The molecule has 2 atom stereocenters. The summed E-state index contributed by atoms with van der Waals surface area (Å²) in [6, 6.07) is 5.07. The fourth-order valence-electron chi connectivity index (χ4n) is 2.62. The van der Waals surface area contributed by atoms with Crippen LogP contribution in [0.3, 0.4) is 0 Å². The van der Waals surface area contributed by atoms with Crippen LogP contribution in [-0.2, 0) is 4.74 Å². The summed E-state index contributed by atoms with van der Waals surface area (Å²) in [6.07, 6.45) is 2.81. The monoisotopic (exact) mass is 250 g/mol. The minimum Gasteiger partial charge on any atom is -0.465 e. The van der Waals surface area contributed by atoms with Crippen LogP contribution in [0.15, 0.2) is 16.5 Å². The Labute approximate surface area is 108 Å². The maximum atomic E-state index is 5.94. The predicted octanol–water partition coefficient (Wildman–Crippen LogP) is 1.71. The van der Waals surface area contributed by atoms with Crippen molar-refractivity contribution in [2.24, 2.45) is 0 Å². The highest BCUT2D eigenvalue weighted by Crippen LogP contribution is 2.30. The smallest absolute Gasteiger partial charge is 0.124 e. The van der Waals surface area contributed by atoms with Crippen LogP contribution in [0.1, 0.15) is 30.4 Å². The highest BCUT2D eigenvalue weighted by Gasteiger charge is 2.34. The molecule has 1 N–H and O–H groups in total. The number of hydrogen-bond donors (Lipinski definition) is 1. The van der Waals surface area contributed by atoms with Crippen LogP contribution in [0.25, 0.3) is 0 Å². The first-order valence-electron chi connectivity index (χ1n) is 6.85. The van der Waals surface area contributed by atoms with E-state index in [0.29, 0.717) is 0 Å². The number of furan rings is 1. The van der Waals surface area contributed by atoms with Gasteiger partial charge in [0.25, 0.3) is 0 Å². The third kappa shape index (κ3) is 2.60. The molecule has 1 aromatic heterocycles. The van der Waals surface area contributed by atoms with Crippen molar-refractivity contribution in [3.05, 3.63) is 23.7 Å². The second-order valence-electron chi connectivity index (χ2n) is 5.47. The summed E-state index contributed by atoms with van der Waals surface area (Å²) >= 11 is 0. The number of ether oxygens (including phenoxy) is 1. The van der Waals surface area contributed by atoms with Crippen LogP contribution in [0.5, 0.6) is 0 Å². The molecule has 2 heterocycles. The summed E-state index contributed by atoms with van der Waals surface area (Å²) in [5, 5.41) is 3.56. The van der Waals surface area contributed by atoms with Gasteiger partial charge in [0.05, 0.1) is 18.8 Å². The fourth-order valence-corrected chi connectivity index (χ4v) is 2.62. The number of hydrogen-bond acceptors (Lipinski definition) is 4. The summed E-state index contributed by atoms with van der Waals surface area (Å²) in [5.41, 5.74) is 0. The average Bonchev–Trinajstić information content (AvgIpc) is 3.09. The molecular formula is C14H22N2O2. The standard InChI is InChI=1S/C14H22N2O2/c1-10-3-6-12(18-10)14-13(9-15-11-4-5-11)17-8-7-16(14)2/h3,6,11,13-15H,4-5,7-9H2,1-2H3. The number of morpholine rings is 1. The molecule has 4 heteroatoms. The van der Waals surface area contributed by atoms with E-state index in [0.717, 1.165) is 37.3 Å². The average molecular weight is 250 g/mol. The Balaban J connectivity index is 1.71. The van der Waals surface area contributed by atoms with E-state index in [1.54, 1.807) is 0 Å². The van der Waals surface area contributed by atoms with E-state index in [1.165, 1.54) is 12.8 Å². The third-order valence-electron chi connectivity index (χ3n) is 3.84. The first-order chi connectivity index (χ1) is 8.74. The Bertz CT molecular complexity index is 400. The molecule has 2 unspecified atom stereocenters. The van der Waals surface area contributed by atoms with E-state index in [4.69, 9.17) is 9.15 Å². The van der Waals surface area contributed by atoms with E-state index >= 15 is 0 Å². The predicted molar refractivity (Wildman–Crippen MR) is 69.6 cm³/mol. The van der Waals surface area contributed by atoms with Gasteiger partial charge >= 0.3 is 0 Å². The van der Waals surface area contributed by atoms with E-state index in [9.17, 15) is 0 Å². The zero-order valence-electron chi connectivity index (χ0n) is 11.2. The first-order valence-corrected chi connectivity index (χ1v) is 6.85. The van der Waals surface area contributed by atoms with Crippen LogP contribution in [0, 0.1) is 6.92 Å². The second-order valence-corrected chi connectivity index (χ2v) is 5.47. The number of aryl methyl sites for hydroxylation is 1. The minimum absolute atomic E-state index is 0.190. The second kappa shape index (κ2) is 5.03. The molecule has 1 aliphatic carbocycles. The summed E-state index contributed by atoms with van der Waals surface area (Å²) in [7, 11) is 2.15. The number of likely N-dealkylation sites (N-methyl/N-ethyl adjacent to an activating group) is 1. The van der Waals surface area contributed by atoms with E-state index in [-0.39, 0.29) is 12.1 Å². The van der Waals surface area contributed by atoms with Crippen molar-refractivity contribution >= 4 is 0 Å². The van der Waals surface area contributed by atoms with Crippen molar-refractivity contribution < 1.29 is 9.15 Å². The molecule has 4 nitrogen and oxygen atoms in total. The Morgan fingerprint density at radius 3 is 2.89 bits per heavy atom. The van der Waals surface area contributed by atoms with Crippen molar-refractivity contribution in [3.8, 4) is 0 Å². The number of rotatable bonds is 4. The Morgan fingerprint density at radius 1 is 1.39 bits per heavy atom. The van der Waals surface area contributed by atoms with Gasteiger partial charge in [0.1, 0.15) is 11.5 Å². The molecule has 0 amide bonds. The molecule has 3 rings (SSSR count). The molecule has 1 saturated carbocycles. The Kier molecular flexibility index (Phi) is 3.41. The quantitative estimate of drug-likeness (QED) is 0.883. The van der Waals surface area contributed by atoms with Crippen LogP contribution in [0.2, 0.25) is 0 Å².